The van der Waals surface area contributed by atoms with Crippen molar-refractivity contribution >= 4 is 27.6 Å². The van der Waals surface area contributed by atoms with E-state index in [0.717, 1.165) is 33.4 Å². The Morgan fingerprint density at radius 1 is 1.39 bits per heavy atom. The Morgan fingerprint density at radius 3 is 2.96 bits per heavy atom. The number of hydrogen-bond donors (Lipinski definition) is 3. The molecule has 3 N–H and O–H groups in total. The number of H-pyrrole nitrogens is 1. The number of aromatic amines is 1. The van der Waals surface area contributed by atoms with Gasteiger partial charge in [0.2, 0.25) is 0 Å². The number of ether oxygens (including phenoxy) is 2. The minimum atomic E-state index is -0.267. The number of methoxy groups -OCH3 is 1. The SMILES string of the molecule is COc1ccc2nc3n[nH]c(C)c3c(NC(C)OCCO)c2c1. The van der Waals surface area contributed by atoms with Crippen LogP contribution in [0.3, 0.4) is 0 Å². The first kappa shape index (κ1) is 15.5. The van der Waals surface area contributed by atoms with E-state index < -0.39 is 0 Å². The van der Waals surface area contributed by atoms with Gasteiger partial charge in [0.05, 0.1) is 36.9 Å². The highest BCUT2D eigenvalue weighted by molar-refractivity contribution is 6.07. The average Bonchev–Trinajstić information content (AvgIpc) is 2.93. The molecule has 0 saturated heterocycles. The third kappa shape index (κ3) is 2.93. The maximum atomic E-state index is 8.91. The van der Waals surface area contributed by atoms with Crippen molar-refractivity contribution in [2.24, 2.45) is 0 Å². The van der Waals surface area contributed by atoms with Crippen molar-refractivity contribution < 1.29 is 14.6 Å². The molecule has 0 amide bonds. The van der Waals surface area contributed by atoms with Crippen LogP contribution in [0.1, 0.15) is 12.6 Å². The highest BCUT2D eigenvalue weighted by Gasteiger charge is 2.16. The average molecular weight is 316 g/mol. The van der Waals surface area contributed by atoms with Crippen molar-refractivity contribution in [3.8, 4) is 5.75 Å². The van der Waals surface area contributed by atoms with Crippen LogP contribution in [0.15, 0.2) is 18.2 Å². The number of benzene rings is 1. The highest BCUT2D eigenvalue weighted by atomic mass is 16.5. The van der Waals surface area contributed by atoms with E-state index >= 15 is 0 Å². The zero-order valence-corrected chi connectivity index (χ0v) is 13.4. The second kappa shape index (κ2) is 6.39. The fourth-order valence-corrected chi connectivity index (χ4v) is 2.61. The molecule has 2 aromatic heterocycles. The minimum Gasteiger partial charge on any atom is -0.497 e. The Balaban J connectivity index is 2.17. The van der Waals surface area contributed by atoms with E-state index in [9.17, 15) is 0 Å². The van der Waals surface area contributed by atoms with Crippen LogP contribution >= 0.6 is 0 Å². The highest BCUT2D eigenvalue weighted by Crippen LogP contribution is 2.34. The number of nitrogens with zero attached hydrogens (tertiary/aromatic N) is 2. The summed E-state index contributed by atoms with van der Waals surface area (Å²) in [5.41, 5.74) is 3.29. The van der Waals surface area contributed by atoms with Crippen LogP contribution < -0.4 is 10.1 Å². The molecule has 0 aliphatic heterocycles. The summed E-state index contributed by atoms with van der Waals surface area (Å²) in [6.45, 7) is 4.10. The molecule has 0 fully saturated rings. The minimum absolute atomic E-state index is 0.0168. The van der Waals surface area contributed by atoms with E-state index in [1.165, 1.54) is 0 Å². The molecule has 1 aromatic carbocycles. The zero-order valence-electron chi connectivity index (χ0n) is 13.4. The maximum Gasteiger partial charge on any atom is 0.183 e. The van der Waals surface area contributed by atoms with Crippen molar-refractivity contribution in [2.45, 2.75) is 20.1 Å². The molecule has 3 rings (SSSR count). The van der Waals surface area contributed by atoms with Crippen LogP contribution in [0, 0.1) is 6.92 Å². The van der Waals surface area contributed by atoms with Gasteiger partial charge in [0, 0.05) is 11.1 Å². The summed E-state index contributed by atoms with van der Waals surface area (Å²) in [6.07, 6.45) is -0.267. The predicted octanol–water partition coefficient (Wildman–Crippen LogP) is 2.19. The Morgan fingerprint density at radius 2 is 2.22 bits per heavy atom. The molecular formula is C16H20N4O3. The van der Waals surface area contributed by atoms with Crippen LogP contribution in [-0.2, 0) is 4.74 Å². The number of anilines is 1. The van der Waals surface area contributed by atoms with Gasteiger partial charge in [-0.1, -0.05) is 0 Å². The number of nitrogens with one attached hydrogen (secondary N) is 2. The number of fused-ring (bicyclic) bond motifs is 2. The van der Waals surface area contributed by atoms with Gasteiger partial charge < -0.3 is 19.9 Å². The summed E-state index contributed by atoms with van der Waals surface area (Å²) in [5.74, 6) is 0.756. The maximum absolute atomic E-state index is 8.91. The molecule has 0 aliphatic rings. The Bertz CT molecular complexity index is 831. The Hall–Kier alpha value is -2.38. The first-order valence-corrected chi connectivity index (χ1v) is 7.45. The van der Waals surface area contributed by atoms with Gasteiger partial charge in [0.25, 0.3) is 0 Å². The summed E-state index contributed by atoms with van der Waals surface area (Å²) in [5, 5.41) is 21.3. The molecule has 2 heterocycles. The predicted molar refractivity (Wildman–Crippen MR) is 88.8 cm³/mol. The van der Waals surface area contributed by atoms with E-state index in [0.29, 0.717) is 5.65 Å². The van der Waals surface area contributed by atoms with Crippen molar-refractivity contribution in [1.29, 1.82) is 0 Å². The lowest BCUT2D eigenvalue weighted by Gasteiger charge is -2.18. The van der Waals surface area contributed by atoms with E-state index in [2.05, 4.69) is 20.5 Å². The first-order valence-electron chi connectivity index (χ1n) is 7.45. The lowest BCUT2D eigenvalue weighted by Crippen LogP contribution is -2.21. The largest absolute Gasteiger partial charge is 0.497 e. The van der Waals surface area contributed by atoms with Crippen LogP contribution in [0.2, 0.25) is 0 Å². The molecule has 0 radical (unpaired) electrons. The first-order chi connectivity index (χ1) is 11.1. The number of rotatable bonds is 6. The fraction of sp³-hybridized carbons (Fsp3) is 0.375. The summed E-state index contributed by atoms with van der Waals surface area (Å²) < 4.78 is 10.9. The van der Waals surface area contributed by atoms with E-state index in [4.69, 9.17) is 14.6 Å². The molecule has 7 nitrogen and oxygen atoms in total. The number of aliphatic hydroxyl groups is 1. The Labute approximate surface area is 133 Å². The molecule has 23 heavy (non-hydrogen) atoms. The molecule has 0 saturated carbocycles. The fourth-order valence-electron chi connectivity index (χ4n) is 2.61. The number of pyridine rings is 1. The van der Waals surface area contributed by atoms with Crippen molar-refractivity contribution in [3.05, 3.63) is 23.9 Å². The molecule has 0 spiro atoms. The smallest absolute Gasteiger partial charge is 0.183 e. The normalized spacial score (nSPS) is 12.7. The number of hydrogen-bond acceptors (Lipinski definition) is 6. The van der Waals surface area contributed by atoms with Gasteiger partial charge in [-0.25, -0.2) is 4.98 Å². The zero-order chi connectivity index (χ0) is 16.4. The molecule has 0 aliphatic carbocycles. The van der Waals surface area contributed by atoms with Crippen LogP contribution in [-0.4, -0.2) is 46.8 Å². The van der Waals surface area contributed by atoms with E-state index in [1.807, 2.05) is 32.0 Å². The summed E-state index contributed by atoms with van der Waals surface area (Å²) in [6, 6.07) is 5.72. The second-order valence-corrected chi connectivity index (χ2v) is 5.30. The second-order valence-electron chi connectivity index (χ2n) is 5.30. The van der Waals surface area contributed by atoms with Gasteiger partial charge in [0.15, 0.2) is 5.65 Å². The Kier molecular flexibility index (Phi) is 4.31. The third-order valence-corrected chi connectivity index (χ3v) is 3.68. The summed E-state index contributed by atoms with van der Waals surface area (Å²) in [7, 11) is 1.64. The van der Waals surface area contributed by atoms with Crippen LogP contribution in [0.25, 0.3) is 21.9 Å². The third-order valence-electron chi connectivity index (χ3n) is 3.68. The summed E-state index contributed by atoms with van der Waals surface area (Å²) in [4.78, 5) is 4.59. The molecule has 1 unspecified atom stereocenters. The van der Waals surface area contributed by atoms with Gasteiger partial charge in [-0.2, -0.15) is 5.10 Å². The standard InChI is InChI=1S/C16H20N4O3/c1-9-14-15(17-10(2)23-7-6-21)12-8-11(22-3)4-5-13(12)18-16(14)20-19-9/h4-5,8,10,21H,6-7H2,1-3H3,(H2,17,18,19,20). The molecule has 3 aromatic rings. The topological polar surface area (TPSA) is 92.3 Å². The van der Waals surface area contributed by atoms with Crippen molar-refractivity contribution in [1.82, 2.24) is 15.2 Å². The van der Waals surface area contributed by atoms with Gasteiger partial charge >= 0.3 is 0 Å². The molecule has 122 valence electrons. The molecule has 7 heteroatoms. The monoisotopic (exact) mass is 316 g/mol. The van der Waals surface area contributed by atoms with Crippen LogP contribution in [0.4, 0.5) is 5.69 Å². The lowest BCUT2D eigenvalue weighted by molar-refractivity contribution is 0.0543. The summed E-state index contributed by atoms with van der Waals surface area (Å²) >= 11 is 0. The molecular weight excluding hydrogens is 296 g/mol. The van der Waals surface area contributed by atoms with Crippen molar-refractivity contribution in [2.75, 3.05) is 25.6 Å². The lowest BCUT2D eigenvalue weighted by atomic mass is 10.1. The van der Waals surface area contributed by atoms with Gasteiger partial charge in [-0.05, 0) is 32.0 Å². The quantitative estimate of drug-likeness (QED) is 0.604. The van der Waals surface area contributed by atoms with Gasteiger partial charge in [-0.15, -0.1) is 0 Å². The van der Waals surface area contributed by atoms with Crippen LogP contribution in [0.5, 0.6) is 5.75 Å². The van der Waals surface area contributed by atoms with Gasteiger partial charge in [-0.3, -0.25) is 5.10 Å². The number of aliphatic hydroxyl groups excluding tert-OH is 1. The molecule has 1 atom stereocenters. The van der Waals surface area contributed by atoms with E-state index in [1.54, 1.807) is 7.11 Å². The molecule has 0 bridgehead atoms. The van der Waals surface area contributed by atoms with E-state index in [-0.39, 0.29) is 19.4 Å². The van der Waals surface area contributed by atoms with Gasteiger partial charge in [0.1, 0.15) is 12.0 Å². The van der Waals surface area contributed by atoms with Crippen molar-refractivity contribution in [3.63, 3.8) is 0 Å². The number of aryl methyl sites for hydroxylation is 1. The number of aromatic nitrogens is 3.